The Hall–Kier alpha value is -1.58. The van der Waals surface area contributed by atoms with Crippen molar-refractivity contribution >= 4 is 11.6 Å². The van der Waals surface area contributed by atoms with Crippen LogP contribution in [0.15, 0.2) is 18.5 Å². The summed E-state index contributed by atoms with van der Waals surface area (Å²) in [5.74, 6) is -0.245. The Balaban J connectivity index is 2.75. The molecule has 0 saturated carbocycles. The minimum absolute atomic E-state index is 0.0171. The zero-order chi connectivity index (χ0) is 9.84. The molecule has 0 unspecified atom stereocenters. The van der Waals surface area contributed by atoms with Crippen molar-refractivity contribution in [3.05, 3.63) is 18.5 Å². The molecule has 0 aliphatic heterocycles. The number of rotatable bonds is 2. The van der Waals surface area contributed by atoms with Crippen LogP contribution in [0.2, 0.25) is 0 Å². The van der Waals surface area contributed by atoms with Gasteiger partial charge in [0.15, 0.2) is 5.75 Å². The summed E-state index contributed by atoms with van der Waals surface area (Å²) in [5, 5.41) is 11.8. The summed E-state index contributed by atoms with van der Waals surface area (Å²) in [4.78, 5) is 14.9. The zero-order valence-electron chi connectivity index (χ0n) is 7.61. The molecule has 1 aromatic heterocycles. The molecule has 0 saturated heterocycles. The fraction of sp³-hybridized carbons (Fsp3) is 0.333. The molecule has 0 radical (unpaired) electrons. The molecule has 1 aromatic rings. The molecular weight excluding hydrogens is 168 g/mol. The van der Waals surface area contributed by atoms with E-state index in [4.69, 9.17) is 0 Å². The largest absolute Gasteiger partial charge is 0.504 e. The van der Waals surface area contributed by atoms with E-state index >= 15 is 0 Å². The molecule has 0 fully saturated rings. The standard InChI is InChI=1S/C9H12N2O2/c1-6(2)9(13)11-7-3-4-10-5-8(7)12/h3-6,12H,1-2H3,(H,10,11,13). The van der Waals surface area contributed by atoms with Crippen LogP contribution >= 0.6 is 0 Å². The molecule has 1 rings (SSSR count). The molecule has 13 heavy (non-hydrogen) atoms. The van der Waals surface area contributed by atoms with Crippen LogP contribution in [0.1, 0.15) is 13.8 Å². The highest BCUT2D eigenvalue weighted by Crippen LogP contribution is 2.20. The van der Waals surface area contributed by atoms with Crippen LogP contribution < -0.4 is 5.32 Å². The zero-order valence-corrected chi connectivity index (χ0v) is 7.61. The molecule has 0 spiro atoms. The van der Waals surface area contributed by atoms with E-state index in [9.17, 15) is 9.90 Å². The van der Waals surface area contributed by atoms with Gasteiger partial charge in [-0.25, -0.2) is 0 Å². The Labute approximate surface area is 76.6 Å². The van der Waals surface area contributed by atoms with E-state index in [0.717, 1.165) is 0 Å². The van der Waals surface area contributed by atoms with Crippen molar-refractivity contribution in [3.63, 3.8) is 0 Å². The predicted octanol–water partition coefficient (Wildman–Crippen LogP) is 1.38. The second-order valence-corrected chi connectivity index (χ2v) is 3.04. The lowest BCUT2D eigenvalue weighted by Crippen LogP contribution is -2.17. The van der Waals surface area contributed by atoms with Crippen LogP contribution in [0.4, 0.5) is 5.69 Å². The van der Waals surface area contributed by atoms with E-state index in [0.29, 0.717) is 5.69 Å². The molecule has 0 aromatic carbocycles. The van der Waals surface area contributed by atoms with E-state index < -0.39 is 0 Å². The molecule has 0 aliphatic carbocycles. The lowest BCUT2D eigenvalue weighted by molar-refractivity contribution is -0.118. The van der Waals surface area contributed by atoms with Gasteiger partial charge in [0.1, 0.15) is 0 Å². The van der Waals surface area contributed by atoms with Gasteiger partial charge < -0.3 is 10.4 Å². The topological polar surface area (TPSA) is 62.2 Å². The first-order valence-corrected chi connectivity index (χ1v) is 4.05. The van der Waals surface area contributed by atoms with E-state index in [1.807, 2.05) is 0 Å². The molecule has 1 heterocycles. The highest BCUT2D eigenvalue weighted by Gasteiger charge is 2.08. The molecule has 70 valence electrons. The summed E-state index contributed by atoms with van der Waals surface area (Å²) in [6.07, 6.45) is 2.80. The predicted molar refractivity (Wildman–Crippen MR) is 49.4 cm³/mol. The van der Waals surface area contributed by atoms with Gasteiger partial charge in [-0.15, -0.1) is 0 Å². The van der Waals surface area contributed by atoms with Crippen LogP contribution in [0.25, 0.3) is 0 Å². The molecular formula is C9H12N2O2. The molecule has 0 bridgehead atoms. The molecule has 4 nitrogen and oxygen atoms in total. The summed E-state index contributed by atoms with van der Waals surface area (Å²) in [6, 6.07) is 1.55. The third kappa shape index (κ3) is 2.43. The summed E-state index contributed by atoms with van der Waals surface area (Å²) < 4.78 is 0. The normalized spacial score (nSPS) is 10.1. The number of anilines is 1. The monoisotopic (exact) mass is 180 g/mol. The second kappa shape index (κ2) is 3.89. The maximum Gasteiger partial charge on any atom is 0.227 e. The lowest BCUT2D eigenvalue weighted by atomic mass is 10.2. The van der Waals surface area contributed by atoms with E-state index in [1.54, 1.807) is 19.9 Å². The van der Waals surface area contributed by atoms with Crippen molar-refractivity contribution in [3.8, 4) is 5.75 Å². The quantitative estimate of drug-likeness (QED) is 0.722. The molecule has 0 aliphatic rings. The first kappa shape index (κ1) is 9.51. The first-order chi connectivity index (χ1) is 6.11. The number of carbonyl (C=O) groups excluding carboxylic acids is 1. The Bertz CT molecular complexity index is 310. The number of aromatic hydroxyl groups is 1. The Morgan fingerprint density at radius 2 is 2.31 bits per heavy atom. The summed E-state index contributed by atoms with van der Waals surface area (Å²) in [5.41, 5.74) is 0.397. The summed E-state index contributed by atoms with van der Waals surface area (Å²) in [7, 11) is 0. The van der Waals surface area contributed by atoms with Crippen LogP contribution in [0.5, 0.6) is 5.75 Å². The van der Waals surface area contributed by atoms with E-state index in [2.05, 4.69) is 10.3 Å². The van der Waals surface area contributed by atoms with Crippen molar-refractivity contribution < 1.29 is 9.90 Å². The first-order valence-electron chi connectivity index (χ1n) is 4.05. The van der Waals surface area contributed by atoms with Gasteiger partial charge in [-0.1, -0.05) is 13.8 Å². The third-order valence-corrected chi connectivity index (χ3v) is 1.58. The minimum Gasteiger partial charge on any atom is -0.504 e. The molecule has 2 N–H and O–H groups in total. The number of aromatic nitrogens is 1. The Kier molecular flexibility index (Phi) is 2.84. The lowest BCUT2D eigenvalue weighted by Gasteiger charge is -2.08. The average molecular weight is 180 g/mol. The molecule has 4 heteroatoms. The summed E-state index contributed by atoms with van der Waals surface area (Å²) >= 11 is 0. The van der Waals surface area contributed by atoms with Crippen LogP contribution in [0, 0.1) is 5.92 Å². The Morgan fingerprint density at radius 3 is 2.85 bits per heavy atom. The summed E-state index contributed by atoms with van der Waals surface area (Å²) in [6.45, 7) is 3.57. The van der Waals surface area contributed by atoms with Gasteiger partial charge in [0, 0.05) is 12.1 Å². The van der Waals surface area contributed by atoms with Gasteiger partial charge in [-0.05, 0) is 6.07 Å². The van der Waals surface area contributed by atoms with E-state index in [-0.39, 0.29) is 17.6 Å². The second-order valence-electron chi connectivity index (χ2n) is 3.04. The van der Waals surface area contributed by atoms with Crippen molar-refractivity contribution in [1.82, 2.24) is 4.98 Å². The van der Waals surface area contributed by atoms with Crippen molar-refractivity contribution in [2.24, 2.45) is 5.92 Å². The Morgan fingerprint density at radius 1 is 1.62 bits per heavy atom. The van der Waals surface area contributed by atoms with Crippen molar-refractivity contribution in [1.29, 1.82) is 0 Å². The SMILES string of the molecule is CC(C)C(=O)Nc1ccncc1O. The fourth-order valence-electron chi connectivity index (χ4n) is 0.769. The minimum atomic E-state index is -0.124. The van der Waals surface area contributed by atoms with Gasteiger partial charge >= 0.3 is 0 Å². The smallest absolute Gasteiger partial charge is 0.227 e. The molecule has 1 amide bonds. The highest BCUT2D eigenvalue weighted by molar-refractivity contribution is 5.93. The van der Waals surface area contributed by atoms with Crippen molar-refractivity contribution in [2.45, 2.75) is 13.8 Å². The third-order valence-electron chi connectivity index (χ3n) is 1.58. The number of hydrogen-bond donors (Lipinski definition) is 2. The van der Waals surface area contributed by atoms with Gasteiger partial charge in [0.25, 0.3) is 0 Å². The number of pyridine rings is 1. The maximum atomic E-state index is 11.2. The number of nitrogens with one attached hydrogen (secondary N) is 1. The van der Waals surface area contributed by atoms with Crippen molar-refractivity contribution in [2.75, 3.05) is 5.32 Å². The van der Waals surface area contributed by atoms with Crippen LogP contribution in [-0.4, -0.2) is 16.0 Å². The maximum absolute atomic E-state index is 11.2. The van der Waals surface area contributed by atoms with Crippen LogP contribution in [0.3, 0.4) is 0 Å². The van der Waals surface area contributed by atoms with E-state index in [1.165, 1.54) is 12.4 Å². The molecule has 0 atom stereocenters. The number of hydrogen-bond acceptors (Lipinski definition) is 3. The van der Waals surface area contributed by atoms with Gasteiger partial charge in [-0.3, -0.25) is 9.78 Å². The van der Waals surface area contributed by atoms with Gasteiger partial charge in [0.05, 0.1) is 11.9 Å². The number of nitrogens with zero attached hydrogens (tertiary/aromatic N) is 1. The average Bonchev–Trinajstić information content (AvgIpc) is 2.08. The highest BCUT2D eigenvalue weighted by atomic mass is 16.3. The fourth-order valence-corrected chi connectivity index (χ4v) is 0.769. The van der Waals surface area contributed by atoms with Gasteiger partial charge in [-0.2, -0.15) is 0 Å². The number of amides is 1. The van der Waals surface area contributed by atoms with Gasteiger partial charge in [0.2, 0.25) is 5.91 Å². The van der Waals surface area contributed by atoms with Crippen LogP contribution in [-0.2, 0) is 4.79 Å². The number of carbonyl (C=O) groups is 1.